The quantitative estimate of drug-likeness (QED) is 0.749. The molecule has 1 heterocycles. The molecule has 3 rings (SSSR count). The normalized spacial score (nSPS) is 15.8. The average molecular weight is 314 g/mol. The van der Waals surface area contributed by atoms with Gasteiger partial charge in [0, 0.05) is 24.3 Å². The summed E-state index contributed by atoms with van der Waals surface area (Å²) >= 11 is 6.22. The number of anilines is 1. The van der Waals surface area contributed by atoms with Gasteiger partial charge in [-0.3, -0.25) is 4.79 Å². The number of nitrogens with zero attached hydrogens (tertiary/aromatic N) is 1. The van der Waals surface area contributed by atoms with Crippen LogP contribution in [-0.2, 0) is 0 Å². The van der Waals surface area contributed by atoms with Crippen molar-refractivity contribution in [1.82, 2.24) is 0 Å². The molecule has 2 aromatic carbocycles. The van der Waals surface area contributed by atoms with E-state index in [1.54, 1.807) is 6.92 Å². The molecular formula is C19H20ClNO. The van der Waals surface area contributed by atoms with Crippen LogP contribution in [0.1, 0.15) is 41.6 Å². The highest BCUT2D eigenvalue weighted by Gasteiger charge is 2.21. The number of rotatable bonds is 3. The molecule has 114 valence electrons. The van der Waals surface area contributed by atoms with Crippen LogP contribution in [0.3, 0.4) is 0 Å². The van der Waals surface area contributed by atoms with Crippen molar-refractivity contribution >= 4 is 23.1 Å². The number of halogens is 1. The first-order chi connectivity index (χ1) is 10.6. The van der Waals surface area contributed by atoms with Gasteiger partial charge in [-0.05, 0) is 49.4 Å². The summed E-state index contributed by atoms with van der Waals surface area (Å²) in [5.41, 5.74) is 3.15. The summed E-state index contributed by atoms with van der Waals surface area (Å²) in [5, 5.41) is 0.551. The SMILES string of the molecule is CC(=O)c1ccc(N2CCC(c3ccccc3)CC2)cc1Cl. The summed E-state index contributed by atoms with van der Waals surface area (Å²) in [4.78, 5) is 13.8. The van der Waals surface area contributed by atoms with E-state index >= 15 is 0 Å². The van der Waals surface area contributed by atoms with Crippen LogP contribution in [0, 0.1) is 0 Å². The van der Waals surface area contributed by atoms with Crippen LogP contribution in [0.5, 0.6) is 0 Å². The fraction of sp³-hybridized carbons (Fsp3) is 0.316. The van der Waals surface area contributed by atoms with Crippen molar-refractivity contribution in [3.63, 3.8) is 0 Å². The van der Waals surface area contributed by atoms with Crippen LogP contribution in [0.4, 0.5) is 5.69 Å². The molecule has 0 bridgehead atoms. The zero-order valence-electron chi connectivity index (χ0n) is 12.8. The largest absolute Gasteiger partial charge is 0.371 e. The van der Waals surface area contributed by atoms with Crippen molar-refractivity contribution in [1.29, 1.82) is 0 Å². The highest BCUT2D eigenvalue weighted by molar-refractivity contribution is 6.34. The molecule has 0 spiro atoms. The molecule has 0 atom stereocenters. The van der Waals surface area contributed by atoms with Crippen molar-refractivity contribution in [3.05, 3.63) is 64.7 Å². The van der Waals surface area contributed by atoms with Crippen molar-refractivity contribution < 1.29 is 4.79 Å². The number of carbonyl (C=O) groups excluding carboxylic acids is 1. The molecule has 22 heavy (non-hydrogen) atoms. The summed E-state index contributed by atoms with van der Waals surface area (Å²) < 4.78 is 0. The Balaban J connectivity index is 1.69. The van der Waals surface area contributed by atoms with Crippen molar-refractivity contribution in [2.45, 2.75) is 25.7 Å². The number of carbonyl (C=O) groups is 1. The number of Topliss-reactive ketones (excluding diaryl/α,β-unsaturated/α-hetero) is 1. The van der Waals surface area contributed by atoms with Gasteiger partial charge in [0.1, 0.15) is 0 Å². The van der Waals surface area contributed by atoms with Gasteiger partial charge in [0.05, 0.1) is 5.02 Å². The molecule has 2 nitrogen and oxygen atoms in total. The summed E-state index contributed by atoms with van der Waals surface area (Å²) in [6.07, 6.45) is 2.30. The lowest BCUT2D eigenvalue weighted by molar-refractivity contribution is 0.101. The maximum Gasteiger partial charge on any atom is 0.161 e. The number of piperidine rings is 1. The van der Waals surface area contributed by atoms with Crippen LogP contribution in [0.25, 0.3) is 0 Å². The third-order valence-electron chi connectivity index (χ3n) is 4.46. The van der Waals surface area contributed by atoms with E-state index in [0.29, 0.717) is 16.5 Å². The Hall–Kier alpha value is -1.80. The monoisotopic (exact) mass is 313 g/mol. The Morgan fingerprint density at radius 3 is 2.36 bits per heavy atom. The van der Waals surface area contributed by atoms with Crippen LogP contribution >= 0.6 is 11.6 Å². The maximum atomic E-state index is 11.5. The average Bonchev–Trinajstić information content (AvgIpc) is 2.55. The lowest BCUT2D eigenvalue weighted by Crippen LogP contribution is -2.32. The molecule has 1 fully saturated rings. The maximum absolute atomic E-state index is 11.5. The van der Waals surface area contributed by atoms with Gasteiger partial charge >= 0.3 is 0 Å². The molecule has 3 heteroatoms. The standard InChI is InChI=1S/C19H20ClNO/c1-14(22)18-8-7-17(13-19(18)20)21-11-9-16(10-12-21)15-5-3-2-4-6-15/h2-8,13,16H,9-12H2,1H3. The van der Waals surface area contributed by atoms with E-state index in [0.717, 1.165) is 31.6 Å². The Labute approximate surface area is 136 Å². The minimum Gasteiger partial charge on any atom is -0.371 e. The van der Waals surface area contributed by atoms with Gasteiger partial charge in [0.15, 0.2) is 5.78 Å². The molecule has 0 unspecified atom stereocenters. The van der Waals surface area contributed by atoms with Crippen LogP contribution in [-0.4, -0.2) is 18.9 Å². The second-order valence-corrected chi connectivity index (χ2v) is 6.30. The molecule has 0 aliphatic carbocycles. The van der Waals surface area contributed by atoms with Gasteiger partial charge in [-0.25, -0.2) is 0 Å². The van der Waals surface area contributed by atoms with Crippen LogP contribution in [0.15, 0.2) is 48.5 Å². The molecule has 0 amide bonds. The summed E-state index contributed by atoms with van der Waals surface area (Å²) in [7, 11) is 0. The minimum absolute atomic E-state index is 0.0133. The second kappa shape index (κ2) is 6.53. The van der Waals surface area contributed by atoms with Crippen molar-refractivity contribution in [3.8, 4) is 0 Å². The fourth-order valence-corrected chi connectivity index (χ4v) is 3.49. The number of hydrogen-bond acceptors (Lipinski definition) is 2. The van der Waals surface area contributed by atoms with E-state index in [1.165, 1.54) is 5.56 Å². The van der Waals surface area contributed by atoms with E-state index < -0.39 is 0 Å². The number of benzene rings is 2. The smallest absolute Gasteiger partial charge is 0.161 e. The second-order valence-electron chi connectivity index (χ2n) is 5.89. The zero-order valence-corrected chi connectivity index (χ0v) is 13.5. The third-order valence-corrected chi connectivity index (χ3v) is 4.78. The Bertz CT molecular complexity index is 660. The first-order valence-electron chi connectivity index (χ1n) is 7.75. The Morgan fingerprint density at radius 2 is 1.77 bits per heavy atom. The Kier molecular flexibility index (Phi) is 4.49. The third kappa shape index (κ3) is 3.17. The van der Waals surface area contributed by atoms with Crippen LogP contribution < -0.4 is 4.90 Å². The van der Waals surface area contributed by atoms with Gasteiger partial charge < -0.3 is 4.90 Å². The van der Waals surface area contributed by atoms with E-state index in [9.17, 15) is 4.79 Å². The molecule has 1 aliphatic rings. The molecule has 0 saturated carbocycles. The molecule has 0 aromatic heterocycles. The lowest BCUT2D eigenvalue weighted by Gasteiger charge is -2.34. The summed E-state index contributed by atoms with van der Waals surface area (Å²) in [6.45, 7) is 3.59. The predicted molar refractivity (Wildman–Crippen MR) is 92.1 cm³/mol. The molecular weight excluding hydrogens is 294 g/mol. The number of hydrogen-bond donors (Lipinski definition) is 0. The van der Waals surface area contributed by atoms with E-state index in [-0.39, 0.29) is 5.78 Å². The highest BCUT2D eigenvalue weighted by atomic mass is 35.5. The summed E-state index contributed by atoms with van der Waals surface area (Å²) in [6, 6.07) is 16.5. The summed E-state index contributed by atoms with van der Waals surface area (Å²) in [5.74, 6) is 0.656. The molecule has 1 saturated heterocycles. The minimum atomic E-state index is 0.0133. The van der Waals surface area contributed by atoms with Gasteiger partial charge in [-0.1, -0.05) is 41.9 Å². The molecule has 2 aromatic rings. The van der Waals surface area contributed by atoms with Crippen LogP contribution in [0.2, 0.25) is 5.02 Å². The van der Waals surface area contributed by atoms with Gasteiger partial charge in [0.2, 0.25) is 0 Å². The molecule has 0 N–H and O–H groups in total. The predicted octanol–water partition coefficient (Wildman–Crippen LogP) is 4.93. The van der Waals surface area contributed by atoms with Gasteiger partial charge in [0.25, 0.3) is 0 Å². The van der Waals surface area contributed by atoms with Gasteiger partial charge in [-0.2, -0.15) is 0 Å². The topological polar surface area (TPSA) is 20.3 Å². The zero-order chi connectivity index (χ0) is 15.5. The first-order valence-corrected chi connectivity index (χ1v) is 8.13. The van der Waals surface area contributed by atoms with E-state index in [2.05, 4.69) is 35.2 Å². The Morgan fingerprint density at radius 1 is 1.09 bits per heavy atom. The van der Waals surface area contributed by atoms with Crippen molar-refractivity contribution in [2.24, 2.45) is 0 Å². The van der Waals surface area contributed by atoms with Gasteiger partial charge in [-0.15, -0.1) is 0 Å². The van der Waals surface area contributed by atoms with E-state index in [1.807, 2.05) is 18.2 Å². The highest BCUT2D eigenvalue weighted by Crippen LogP contribution is 2.32. The molecule has 0 radical (unpaired) electrons. The van der Waals surface area contributed by atoms with Crippen molar-refractivity contribution in [2.75, 3.05) is 18.0 Å². The first kappa shape index (κ1) is 15.1. The number of ketones is 1. The molecule has 1 aliphatic heterocycles. The fourth-order valence-electron chi connectivity index (χ4n) is 3.18. The van der Waals surface area contributed by atoms with E-state index in [4.69, 9.17) is 11.6 Å². The lowest BCUT2D eigenvalue weighted by atomic mass is 9.89.